The molecule has 1 heterocycles. The molecule has 0 saturated carbocycles. The molecule has 160 valence electrons. The van der Waals surface area contributed by atoms with Crippen LogP contribution < -0.4 is 11.1 Å². The first-order valence-electron chi connectivity index (χ1n) is 11.4. The summed E-state index contributed by atoms with van der Waals surface area (Å²) in [5.41, 5.74) is 11.7. The molecule has 2 aromatic rings. The number of fused-ring (bicyclic) bond motifs is 4. The Hall–Kier alpha value is -2.61. The Labute approximate surface area is 185 Å². The zero-order valence-electron chi connectivity index (χ0n) is 18.7. The largest absolute Gasteiger partial charge is 0.310 e. The number of nitrogens with two attached hydrogens (primary N) is 1. The highest BCUT2D eigenvalue weighted by Gasteiger charge is 2.67. The smallest absolute Gasteiger partial charge is 0.250 e. The maximum atomic E-state index is 14.2. The van der Waals surface area contributed by atoms with Crippen LogP contribution in [-0.2, 0) is 29.6 Å². The summed E-state index contributed by atoms with van der Waals surface area (Å²) in [6.45, 7) is 5.94. The monoisotopic (exact) mass is 413 g/mol. The van der Waals surface area contributed by atoms with E-state index in [1.165, 1.54) is 16.7 Å². The van der Waals surface area contributed by atoms with E-state index in [0.717, 1.165) is 43.2 Å². The van der Waals surface area contributed by atoms with Crippen molar-refractivity contribution in [2.24, 2.45) is 11.1 Å². The molecule has 4 nitrogen and oxygen atoms in total. The van der Waals surface area contributed by atoms with Gasteiger partial charge in [0.25, 0.3) is 5.91 Å². The summed E-state index contributed by atoms with van der Waals surface area (Å²) in [6.07, 6.45) is 4.31. The molecule has 2 atom stereocenters. The topological polar surface area (TPSA) is 58.4 Å². The number of carbonyl (C=O) groups excluding carboxylic acids is 1. The molecule has 3 N–H and O–H groups in total. The van der Waals surface area contributed by atoms with Crippen molar-refractivity contribution >= 4 is 5.91 Å². The first-order chi connectivity index (χ1) is 14.9. The number of hydrogen-bond donors (Lipinski definition) is 2. The summed E-state index contributed by atoms with van der Waals surface area (Å²) in [7, 11) is 0. The number of nitrogens with one attached hydrogen (secondary N) is 1. The van der Waals surface area contributed by atoms with Crippen molar-refractivity contribution in [2.75, 3.05) is 0 Å². The number of benzene rings is 2. The zero-order chi connectivity index (χ0) is 21.8. The van der Waals surface area contributed by atoms with Gasteiger partial charge in [-0.1, -0.05) is 36.3 Å². The predicted octanol–water partition coefficient (Wildman–Crippen LogP) is 3.46. The van der Waals surface area contributed by atoms with Crippen LogP contribution in [0.25, 0.3) is 0 Å². The summed E-state index contributed by atoms with van der Waals surface area (Å²) >= 11 is 0. The molecule has 1 fully saturated rings. The molecular weight excluding hydrogens is 382 g/mol. The molecular formula is C27H31N3O. The lowest BCUT2D eigenvalue weighted by molar-refractivity contribution is -0.139. The van der Waals surface area contributed by atoms with Crippen LogP contribution in [0.2, 0.25) is 0 Å². The van der Waals surface area contributed by atoms with E-state index < -0.39 is 11.8 Å². The van der Waals surface area contributed by atoms with Crippen LogP contribution in [0.1, 0.15) is 61.4 Å². The Morgan fingerprint density at radius 3 is 2.35 bits per heavy atom. The van der Waals surface area contributed by atoms with E-state index >= 15 is 0 Å². The van der Waals surface area contributed by atoms with Crippen molar-refractivity contribution in [3.8, 4) is 11.8 Å². The number of nitrogens with zero attached hydrogens (tertiary/aromatic N) is 1. The highest BCUT2D eigenvalue weighted by molar-refractivity contribution is 5.93. The molecule has 31 heavy (non-hydrogen) atoms. The Kier molecular flexibility index (Phi) is 4.73. The highest BCUT2D eigenvalue weighted by Crippen LogP contribution is 2.59. The van der Waals surface area contributed by atoms with E-state index in [9.17, 15) is 4.79 Å². The third-order valence-corrected chi connectivity index (χ3v) is 7.75. The molecule has 4 heteroatoms. The molecule has 0 aromatic heterocycles. The summed E-state index contributed by atoms with van der Waals surface area (Å²) in [4.78, 5) is 16.1. The minimum absolute atomic E-state index is 0.0390. The second-order valence-corrected chi connectivity index (χ2v) is 9.62. The molecule has 2 unspecified atom stereocenters. The minimum Gasteiger partial charge on any atom is -0.310 e. The highest BCUT2D eigenvalue weighted by atomic mass is 16.2. The van der Waals surface area contributed by atoms with Gasteiger partial charge in [0.2, 0.25) is 0 Å². The Bertz CT molecular complexity index is 1080. The first-order valence-corrected chi connectivity index (χ1v) is 11.4. The van der Waals surface area contributed by atoms with Crippen molar-refractivity contribution < 1.29 is 4.79 Å². The van der Waals surface area contributed by atoms with E-state index in [1.807, 2.05) is 25.7 Å². The lowest BCUT2D eigenvalue weighted by Gasteiger charge is -2.42. The van der Waals surface area contributed by atoms with E-state index in [-0.39, 0.29) is 17.4 Å². The number of hydrogen-bond acceptors (Lipinski definition) is 3. The molecule has 2 spiro atoms. The Morgan fingerprint density at radius 2 is 1.77 bits per heavy atom. The summed E-state index contributed by atoms with van der Waals surface area (Å²) in [5.74, 6) is 6.32. The Balaban J connectivity index is 1.68. The second kappa shape index (κ2) is 7.22. The SMILES string of the molecule is CC#Cc1ccc2c(c1)C1(NC(N)N(C(C)C)C1=O)C1(CCc3ccccc3CC1)C2. The van der Waals surface area contributed by atoms with Crippen molar-refractivity contribution in [2.45, 2.75) is 70.7 Å². The normalized spacial score (nSPS) is 26.0. The van der Waals surface area contributed by atoms with Gasteiger partial charge in [0.1, 0.15) is 11.8 Å². The average Bonchev–Trinajstić information content (AvgIpc) is 3.08. The van der Waals surface area contributed by atoms with Gasteiger partial charge >= 0.3 is 0 Å². The molecule has 0 bridgehead atoms. The summed E-state index contributed by atoms with van der Waals surface area (Å²) < 4.78 is 0. The van der Waals surface area contributed by atoms with Crippen LogP contribution in [0.5, 0.6) is 0 Å². The molecule has 5 rings (SSSR count). The van der Waals surface area contributed by atoms with Gasteiger partial charge in [0, 0.05) is 17.0 Å². The number of amides is 1. The fraction of sp³-hybridized carbons (Fsp3) is 0.444. The predicted molar refractivity (Wildman–Crippen MR) is 123 cm³/mol. The van der Waals surface area contributed by atoms with Crippen LogP contribution in [0.3, 0.4) is 0 Å². The molecule has 3 aliphatic rings. The molecule has 0 radical (unpaired) electrons. The fourth-order valence-corrected chi connectivity index (χ4v) is 6.36. The standard InChI is InChI=1S/C27H31N3O/c1-4-7-19-10-11-22-17-26(14-12-20-8-5-6-9-21(20)13-15-26)27(23(22)16-19)24(31)30(18(2)3)25(28)29-27/h5-6,8-11,16,18,25,29H,12-15,17,28H2,1-3H3. The van der Waals surface area contributed by atoms with Crippen molar-refractivity contribution in [3.05, 3.63) is 70.3 Å². The molecule has 2 aromatic carbocycles. The third-order valence-electron chi connectivity index (χ3n) is 7.75. The summed E-state index contributed by atoms with van der Waals surface area (Å²) in [5, 5.41) is 3.66. The van der Waals surface area contributed by atoms with Crippen molar-refractivity contribution in [1.29, 1.82) is 0 Å². The number of carbonyl (C=O) groups is 1. The summed E-state index contributed by atoms with van der Waals surface area (Å²) in [6, 6.07) is 15.2. The first kappa shape index (κ1) is 20.3. The lowest BCUT2D eigenvalue weighted by atomic mass is 9.64. The van der Waals surface area contributed by atoms with Gasteiger partial charge in [-0.2, -0.15) is 0 Å². The zero-order valence-corrected chi connectivity index (χ0v) is 18.7. The van der Waals surface area contributed by atoms with E-state index in [4.69, 9.17) is 5.73 Å². The number of rotatable bonds is 1. The van der Waals surface area contributed by atoms with Gasteiger partial charge in [-0.05, 0) is 87.3 Å². The molecule has 1 amide bonds. The van der Waals surface area contributed by atoms with Gasteiger partial charge in [0.05, 0.1) is 0 Å². The van der Waals surface area contributed by atoms with E-state index in [0.29, 0.717) is 0 Å². The van der Waals surface area contributed by atoms with E-state index in [1.54, 1.807) is 0 Å². The van der Waals surface area contributed by atoms with Gasteiger partial charge in [-0.3, -0.25) is 15.8 Å². The maximum Gasteiger partial charge on any atom is 0.250 e. The van der Waals surface area contributed by atoms with Gasteiger partial charge < -0.3 is 4.90 Å². The van der Waals surface area contributed by atoms with Crippen molar-refractivity contribution in [3.63, 3.8) is 0 Å². The fourth-order valence-electron chi connectivity index (χ4n) is 6.36. The van der Waals surface area contributed by atoms with Crippen LogP contribution in [-0.4, -0.2) is 23.1 Å². The Morgan fingerprint density at radius 1 is 1.10 bits per heavy atom. The maximum absolute atomic E-state index is 14.2. The minimum atomic E-state index is -0.792. The van der Waals surface area contributed by atoms with Crippen molar-refractivity contribution in [1.82, 2.24) is 10.2 Å². The van der Waals surface area contributed by atoms with Gasteiger partial charge in [-0.25, -0.2) is 0 Å². The van der Waals surface area contributed by atoms with Crippen LogP contribution in [0.15, 0.2) is 42.5 Å². The van der Waals surface area contributed by atoms with Crippen LogP contribution in [0, 0.1) is 17.3 Å². The van der Waals surface area contributed by atoms with Crippen LogP contribution in [0.4, 0.5) is 0 Å². The van der Waals surface area contributed by atoms with Crippen LogP contribution >= 0.6 is 0 Å². The molecule has 1 saturated heterocycles. The lowest BCUT2D eigenvalue weighted by Crippen LogP contribution is -2.56. The van der Waals surface area contributed by atoms with Gasteiger partial charge in [0.15, 0.2) is 0 Å². The third kappa shape index (κ3) is 2.80. The second-order valence-electron chi connectivity index (χ2n) is 9.62. The van der Waals surface area contributed by atoms with E-state index in [2.05, 4.69) is 59.6 Å². The average molecular weight is 414 g/mol. The quantitative estimate of drug-likeness (QED) is 0.704. The molecule has 1 aliphatic heterocycles. The van der Waals surface area contributed by atoms with Gasteiger partial charge in [-0.15, -0.1) is 5.92 Å². The molecule has 2 aliphatic carbocycles. The number of aryl methyl sites for hydroxylation is 2.